The van der Waals surface area contributed by atoms with Gasteiger partial charge in [0.1, 0.15) is 0 Å². The van der Waals surface area contributed by atoms with E-state index in [1.807, 2.05) is 0 Å². The summed E-state index contributed by atoms with van der Waals surface area (Å²) in [6.07, 6.45) is -0.967. The molecule has 35 heavy (non-hydrogen) atoms. The average molecular weight is 506 g/mol. The van der Waals surface area contributed by atoms with Crippen molar-refractivity contribution < 1.29 is 23.9 Å². The number of ketones is 2. The number of halogens is 2. The van der Waals surface area contributed by atoms with Crippen LogP contribution in [0.1, 0.15) is 37.9 Å². The first-order chi connectivity index (χ1) is 16.8. The van der Waals surface area contributed by atoms with Gasteiger partial charge in [0.15, 0.2) is 0 Å². The number of hydrogen-bond donors (Lipinski definition) is 0. The first kappa shape index (κ1) is 22.2. The van der Waals surface area contributed by atoms with Gasteiger partial charge in [-0.1, -0.05) is 71.7 Å². The van der Waals surface area contributed by atoms with Crippen LogP contribution in [0.3, 0.4) is 0 Å². The van der Waals surface area contributed by atoms with E-state index in [-0.39, 0.29) is 17.7 Å². The Balaban J connectivity index is 1.48. The molecule has 2 fully saturated rings. The van der Waals surface area contributed by atoms with E-state index in [0.29, 0.717) is 21.2 Å². The molecule has 3 atom stereocenters. The zero-order chi connectivity index (χ0) is 24.5. The van der Waals surface area contributed by atoms with Gasteiger partial charge in [0.25, 0.3) is 0 Å². The number of amides is 2. The molecule has 0 N–H and O–H groups in total. The SMILES string of the molecule is O=C1C2C(c3ccc(Cl)cc3)OC3(C(=O)c4ccccc4C3=O)C2C(=O)N1Cc1ccc(Cl)cc1. The van der Waals surface area contributed by atoms with Crippen molar-refractivity contribution in [2.75, 3.05) is 0 Å². The van der Waals surface area contributed by atoms with E-state index in [2.05, 4.69) is 0 Å². The fraction of sp³-hybridized carbons (Fsp3) is 0.185. The number of rotatable bonds is 3. The van der Waals surface area contributed by atoms with Crippen molar-refractivity contribution >= 4 is 46.6 Å². The molecule has 1 spiro atoms. The van der Waals surface area contributed by atoms with Crippen LogP contribution >= 0.6 is 23.2 Å². The van der Waals surface area contributed by atoms with E-state index in [4.69, 9.17) is 27.9 Å². The molecular formula is C27H17Cl2NO5. The number of likely N-dealkylation sites (tertiary alicyclic amines) is 1. The Morgan fingerprint density at radius 3 is 1.86 bits per heavy atom. The van der Waals surface area contributed by atoms with Crippen LogP contribution in [-0.4, -0.2) is 33.9 Å². The predicted molar refractivity (Wildman–Crippen MR) is 127 cm³/mol. The minimum atomic E-state index is -2.08. The summed E-state index contributed by atoms with van der Waals surface area (Å²) in [5, 5.41) is 1.01. The molecule has 2 aliphatic heterocycles. The lowest BCUT2D eigenvalue weighted by Gasteiger charge is -2.27. The third-order valence-electron chi connectivity index (χ3n) is 7.06. The third kappa shape index (κ3) is 3.07. The molecule has 2 heterocycles. The maximum Gasteiger partial charge on any atom is 0.237 e. The Kier molecular flexibility index (Phi) is 4.97. The standard InChI is InChI=1S/C27H17Cl2NO5/c28-16-9-5-14(6-10-16)13-30-25(33)20-21(26(30)34)27(35-22(20)15-7-11-17(29)12-8-15)23(31)18-3-1-2-4-19(18)24(27)32/h1-12,20-22H,13H2. The highest BCUT2D eigenvalue weighted by Gasteiger charge is 2.74. The van der Waals surface area contributed by atoms with Crippen LogP contribution in [0.25, 0.3) is 0 Å². The van der Waals surface area contributed by atoms with Crippen molar-refractivity contribution in [3.63, 3.8) is 0 Å². The number of fused-ring (bicyclic) bond motifs is 3. The molecule has 0 bridgehead atoms. The molecule has 0 aromatic heterocycles. The summed E-state index contributed by atoms with van der Waals surface area (Å²) in [7, 11) is 0. The van der Waals surface area contributed by atoms with Crippen molar-refractivity contribution in [2.24, 2.45) is 11.8 Å². The molecule has 1 aliphatic carbocycles. The summed E-state index contributed by atoms with van der Waals surface area (Å²) in [4.78, 5) is 56.0. The lowest BCUT2D eigenvalue weighted by molar-refractivity contribution is -0.145. The fourth-order valence-electron chi connectivity index (χ4n) is 5.46. The zero-order valence-electron chi connectivity index (χ0n) is 18.1. The van der Waals surface area contributed by atoms with E-state index in [1.165, 1.54) is 0 Å². The first-order valence-electron chi connectivity index (χ1n) is 11.0. The normalized spacial score (nSPS) is 24.4. The molecular weight excluding hydrogens is 489 g/mol. The number of carbonyl (C=O) groups is 4. The van der Waals surface area contributed by atoms with Gasteiger partial charge < -0.3 is 4.74 Å². The zero-order valence-corrected chi connectivity index (χ0v) is 19.6. The van der Waals surface area contributed by atoms with Gasteiger partial charge in [0.05, 0.1) is 24.5 Å². The van der Waals surface area contributed by atoms with Crippen molar-refractivity contribution in [2.45, 2.75) is 18.2 Å². The van der Waals surface area contributed by atoms with Gasteiger partial charge in [-0.05, 0) is 35.4 Å². The second kappa shape index (κ2) is 7.85. The maximum atomic E-state index is 13.8. The maximum absolute atomic E-state index is 13.8. The van der Waals surface area contributed by atoms with Crippen LogP contribution in [0.5, 0.6) is 0 Å². The highest BCUT2D eigenvalue weighted by atomic mass is 35.5. The quantitative estimate of drug-likeness (QED) is 0.381. The third-order valence-corrected chi connectivity index (χ3v) is 7.57. The van der Waals surface area contributed by atoms with Gasteiger partial charge in [0.2, 0.25) is 29.0 Å². The van der Waals surface area contributed by atoms with Gasteiger partial charge in [-0.15, -0.1) is 0 Å². The van der Waals surface area contributed by atoms with Gasteiger partial charge >= 0.3 is 0 Å². The number of hydrogen-bond acceptors (Lipinski definition) is 5. The van der Waals surface area contributed by atoms with Gasteiger partial charge in [0, 0.05) is 21.2 Å². The number of benzene rings is 3. The van der Waals surface area contributed by atoms with Crippen LogP contribution in [0.15, 0.2) is 72.8 Å². The van der Waals surface area contributed by atoms with Crippen LogP contribution in [-0.2, 0) is 20.9 Å². The summed E-state index contributed by atoms with van der Waals surface area (Å²) in [6, 6.07) is 19.8. The molecule has 3 aliphatic rings. The van der Waals surface area contributed by atoms with Crippen molar-refractivity contribution in [1.82, 2.24) is 4.90 Å². The lowest BCUT2D eigenvalue weighted by atomic mass is 9.77. The number of Topliss-reactive ketones (excluding diaryl/α,β-unsaturated/α-hetero) is 2. The molecule has 2 amide bonds. The molecule has 8 heteroatoms. The molecule has 3 aromatic rings. The highest BCUT2D eigenvalue weighted by molar-refractivity contribution is 6.35. The van der Waals surface area contributed by atoms with Crippen LogP contribution < -0.4 is 0 Å². The highest BCUT2D eigenvalue weighted by Crippen LogP contribution is 2.57. The minimum Gasteiger partial charge on any atom is -0.349 e. The van der Waals surface area contributed by atoms with E-state index in [0.717, 1.165) is 4.90 Å². The van der Waals surface area contributed by atoms with Crippen LogP contribution in [0.4, 0.5) is 0 Å². The van der Waals surface area contributed by atoms with E-state index in [1.54, 1.807) is 72.8 Å². The molecule has 2 saturated heterocycles. The minimum absolute atomic E-state index is 0.000578. The van der Waals surface area contributed by atoms with Crippen molar-refractivity contribution in [3.05, 3.63) is 105 Å². The van der Waals surface area contributed by atoms with Crippen molar-refractivity contribution in [3.8, 4) is 0 Å². The van der Waals surface area contributed by atoms with Gasteiger partial charge in [-0.2, -0.15) is 0 Å². The summed E-state index contributed by atoms with van der Waals surface area (Å²) in [5.74, 6) is -4.55. The average Bonchev–Trinajstić information content (AvgIpc) is 3.42. The Bertz CT molecular complexity index is 1380. The molecule has 6 nitrogen and oxygen atoms in total. The number of imide groups is 1. The molecule has 0 radical (unpaired) electrons. The lowest BCUT2D eigenvalue weighted by Crippen LogP contribution is -2.50. The van der Waals surface area contributed by atoms with E-state index < -0.39 is 46.9 Å². The molecule has 3 aromatic carbocycles. The largest absolute Gasteiger partial charge is 0.349 e. The van der Waals surface area contributed by atoms with E-state index in [9.17, 15) is 19.2 Å². The number of carbonyl (C=O) groups excluding carboxylic acids is 4. The molecule has 3 unspecified atom stereocenters. The van der Waals surface area contributed by atoms with E-state index >= 15 is 0 Å². The fourth-order valence-corrected chi connectivity index (χ4v) is 5.71. The predicted octanol–water partition coefficient (Wildman–Crippen LogP) is 4.68. The second-order valence-corrected chi connectivity index (χ2v) is 9.79. The Morgan fingerprint density at radius 2 is 1.29 bits per heavy atom. The van der Waals surface area contributed by atoms with Crippen LogP contribution in [0, 0.1) is 11.8 Å². The topological polar surface area (TPSA) is 80.8 Å². The van der Waals surface area contributed by atoms with Crippen molar-refractivity contribution in [1.29, 1.82) is 0 Å². The Hall–Kier alpha value is -3.32. The van der Waals surface area contributed by atoms with Gasteiger partial charge in [-0.3, -0.25) is 24.1 Å². The molecule has 0 saturated carbocycles. The summed E-state index contributed by atoms with van der Waals surface area (Å²) in [5.41, 5.74) is -0.428. The molecule has 6 rings (SSSR count). The Morgan fingerprint density at radius 1 is 0.743 bits per heavy atom. The Labute approximate surface area is 210 Å². The molecule has 174 valence electrons. The summed E-state index contributed by atoms with van der Waals surface area (Å²) in [6.45, 7) is 0.000578. The first-order valence-corrected chi connectivity index (χ1v) is 11.8. The number of nitrogens with zero attached hydrogens (tertiary/aromatic N) is 1. The summed E-state index contributed by atoms with van der Waals surface area (Å²) >= 11 is 12.0. The summed E-state index contributed by atoms with van der Waals surface area (Å²) < 4.78 is 6.24. The van der Waals surface area contributed by atoms with Gasteiger partial charge in [-0.25, -0.2) is 0 Å². The second-order valence-electron chi connectivity index (χ2n) is 8.92. The van der Waals surface area contributed by atoms with Crippen LogP contribution in [0.2, 0.25) is 10.0 Å². The number of ether oxygens (including phenoxy) is 1. The smallest absolute Gasteiger partial charge is 0.237 e. The monoisotopic (exact) mass is 505 g/mol.